The van der Waals surface area contributed by atoms with Gasteiger partial charge in [-0.3, -0.25) is 18.6 Å². The van der Waals surface area contributed by atoms with Gasteiger partial charge in [-0.25, -0.2) is 9.36 Å². The standard InChI is InChI=1S/C37H57N2O10P/c1-5-6-7-8-9-10-11-12-13-23-47-32-16-14-15-28(24-32)17-22-34(41)38-25-31(40)26-48-50(45,46)49-27-33(36(43)44)39-35(42)29-18-20-30(21-19-29)37(2,3)4/h14-16,18-21,24,31,33,40H,5-13,17,22-23,25-27H2,1-4H3,(H,38,41)(H,39,42)(H,43,44)(H,45,46)/t31-,33+/m1/s1. The van der Waals surface area contributed by atoms with E-state index >= 15 is 0 Å². The van der Waals surface area contributed by atoms with E-state index in [0.717, 1.165) is 29.7 Å². The molecule has 0 aliphatic carbocycles. The molecule has 0 spiro atoms. The Kier molecular flexibility index (Phi) is 19.3. The van der Waals surface area contributed by atoms with E-state index in [2.05, 4.69) is 17.6 Å². The number of unbranched alkanes of at least 4 members (excludes halogenated alkanes) is 8. The first-order valence-electron chi connectivity index (χ1n) is 17.6. The zero-order valence-corrected chi connectivity index (χ0v) is 30.9. The third-order valence-electron chi connectivity index (χ3n) is 8.04. The fourth-order valence-electron chi connectivity index (χ4n) is 4.95. The summed E-state index contributed by atoms with van der Waals surface area (Å²) in [6, 6.07) is 12.6. The highest BCUT2D eigenvalue weighted by Crippen LogP contribution is 2.43. The van der Waals surface area contributed by atoms with E-state index in [1.807, 2.05) is 45.0 Å². The Bertz CT molecular complexity index is 1360. The maximum Gasteiger partial charge on any atom is 0.472 e. The highest BCUT2D eigenvalue weighted by molar-refractivity contribution is 7.47. The number of carbonyl (C=O) groups excluding carboxylic acids is 2. The van der Waals surface area contributed by atoms with E-state index in [0.29, 0.717) is 13.0 Å². The molecule has 12 nitrogen and oxygen atoms in total. The second-order valence-electron chi connectivity index (χ2n) is 13.5. The van der Waals surface area contributed by atoms with Crippen molar-refractivity contribution in [1.29, 1.82) is 0 Å². The molecule has 0 aliphatic heterocycles. The van der Waals surface area contributed by atoms with Crippen LogP contribution in [0.25, 0.3) is 0 Å². The van der Waals surface area contributed by atoms with Gasteiger partial charge in [-0.1, -0.05) is 103 Å². The van der Waals surface area contributed by atoms with E-state index < -0.39 is 45.1 Å². The van der Waals surface area contributed by atoms with E-state index in [9.17, 15) is 34.1 Å². The molecule has 2 aromatic carbocycles. The summed E-state index contributed by atoms with van der Waals surface area (Å²) in [4.78, 5) is 46.6. The van der Waals surface area contributed by atoms with Crippen LogP contribution in [0.1, 0.15) is 113 Å². The van der Waals surface area contributed by atoms with E-state index in [1.165, 1.54) is 44.9 Å². The molecule has 0 radical (unpaired) electrons. The Balaban J connectivity index is 1.66. The van der Waals surface area contributed by atoms with Crippen LogP contribution in [0, 0.1) is 0 Å². The number of nitrogens with one attached hydrogen (secondary N) is 2. The summed E-state index contributed by atoms with van der Waals surface area (Å²) in [6.07, 6.45) is 10.5. The fraction of sp³-hybridized carbons (Fsp3) is 0.595. The molecular formula is C37H57N2O10P. The first-order chi connectivity index (χ1) is 23.7. The van der Waals surface area contributed by atoms with Gasteiger partial charge in [-0.2, -0.15) is 0 Å². The van der Waals surface area contributed by atoms with Crippen molar-refractivity contribution in [2.24, 2.45) is 0 Å². The van der Waals surface area contributed by atoms with E-state index in [1.54, 1.807) is 24.3 Å². The number of amides is 2. The van der Waals surface area contributed by atoms with Crippen molar-refractivity contribution in [3.8, 4) is 5.75 Å². The van der Waals surface area contributed by atoms with E-state index in [-0.39, 0.29) is 29.9 Å². The SMILES string of the molecule is CCCCCCCCCCCOc1cccc(CCC(=O)NC[C@@H](O)COP(=O)(O)OC[C@H](NC(=O)c2ccc(C(C)(C)C)cc2)C(=O)O)c1. The third-order valence-corrected chi connectivity index (χ3v) is 8.99. The molecule has 0 fully saturated rings. The molecule has 5 N–H and O–H groups in total. The smallest absolute Gasteiger partial charge is 0.472 e. The van der Waals surface area contributed by atoms with Gasteiger partial charge in [-0.05, 0) is 53.6 Å². The van der Waals surface area contributed by atoms with Gasteiger partial charge in [0.2, 0.25) is 5.91 Å². The number of aryl methyl sites for hydroxylation is 1. The summed E-state index contributed by atoms with van der Waals surface area (Å²) in [5.74, 6) is -1.76. The number of aliphatic hydroxyl groups is 1. The van der Waals surface area contributed by atoms with Crippen LogP contribution >= 0.6 is 7.82 Å². The van der Waals surface area contributed by atoms with Crippen molar-refractivity contribution in [3.05, 3.63) is 65.2 Å². The molecule has 280 valence electrons. The lowest BCUT2D eigenvalue weighted by atomic mass is 9.86. The number of phosphoric ester groups is 1. The highest BCUT2D eigenvalue weighted by Gasteiger charge is 2.29. The number of phosphoric acid groups is 1. The summed E-state index contributed by atoms with van der Waals surface area (Å²) >= 11 is 0. The molecule has 2 rings (SSSR count). The fourth-order valence-corrected chi connectivity index (χ4v) is 5.73. The average Bonchev–Trinajstić information content (AvgIpc) is 3.07. The van der Waals surface area contributed by atoms with Gasteiger partial charge >= 0.3 is 13.8 Å². The highest BCUT2D eigenvalue weighted by atomic mass is 31.2. The van der Waals surface area contributed by atoms with Crippen LogP contribution < -0.4 is 15.4 Å². The largest absolute Gasteiger partial charge is 0.494 e. The molecule has 0 bridgehead atoms. The normalized spacial score (nSPS) is 14.0. The number of ether oxygens (including phenoxy) is 1. The van der Waals surface area contributed by atoms with Crippen molar-refractivity contribution in [2.75, 3.05) is 26.4 Å². The van der Waals surface area contributed by atoms with Gasteiger partial charge in [0, 0.05) is 18.5 Å². The number of hydrogen-bond donors (Lipinski definition) is 5. The van der Waals surface area contributed by atoms with Crippen LogP contribution in [0.4, 0.5) is 0 Å². The molecule has 3 atom stereocenters. The molecule has 0 saturated heterocycles. The van der Waals surface area contributed by atoms with Crippen LogP contribution in [0.2, 0.25) is 0 Å². The van der Waals surface area contributed by atoms with Gasteiger partial charge in [0.15, 0.2) is 6.04 Å². The second kappa shape index (κ2) is 22.5. The number of carbonyl (C=O) groups is 3. The van der Waals surface area contributed by atoms with Crippen molar-refractivity contribution in [3.63, 3.8) is 0 Å². The van der Waals surface area contributed by atoms with Crippen molar-refractivity contribution >= 4 is 25.6 Å². The molecule has 0 aromatic heterocycles. The molecule has 1 unspecified atom stereocenters. The predicted octanol–water partition coefficient (Wildman–Crippen LogP) is 6.32. The minimum Gasteiger partial charge on any atom is -0.494 e. The van der Waals surface area contributed by atoms with Gasteiger partial charge in [0.05, 0.1) is 25.9 Å². The Labute approximate surface area is 296 Å². The average molecular weight is 721 g/mol. The zero-order valence-electron chi connectivity index (χ0n) is 30.0. The molecule has 50 heavy (non-hydrogen) atoms. The Morgan fingerprint density at radius 3 is 2.12 bits per heavy atom. The lowest BCUT2D eigenvalue weighted by molar-refractivity contribution is -0.140. The van der Waals surface area contributed by atoms with Crippen LogP contribution in [0.3, 0.4) is 0 Å². The minimum atomic E-state index is -4.81. The van der Waals surface area contributed by atoms with Crippen LogP contribution in [-0.2, 0) is 35.0 Å². The van der Waals surface area contributed by atoms with Gasteiger partial charge in [0.25, 0.3) is 5.91 Å². The Hall–Kier alpha value is -3.28. The van der Waals surface area contributed by atoms with Crippen LogP contribution in [-0.4, -0.2) is 71.4 Å². The van der Waals surface area contributed by atoms with E-state index in [4.69, 9.17) is 13.8 Å². The number of aliphatic carboxylic acids is 1. The molecule has 13 heteroatoms. The quantitative estimate of drug-likeness (QED) is 0.0575. The summed E-state index contributed by atoms with van der Waals surface area (Å²) in [5.41, 5.74) is 1.99. The number of hydrogen-bond acceptors (Lipinski definition) is 8. The molecule has 0 heterocycles. The summed E-state index contributed by atoms with van der Waals surface area (Å²) in [7, 11) is -4.81. The van der Waals surface area contributed by atoms with Crippen LogP contribution in [0.5, 0.6) is 5.75 Å². The zero-order chi connectivity index (χ0) is 37.0. The predicted molar refractivity (Wildman–Crippen MR) is 192 cm³/mol. The molecular weight excluding hydrogens is 663 g/mol. The minimum absolute atomic E-state index is 0.136. The van der Waals surface area contributed by atoms with Crippen LogP contribution in [0.15, 0.2) is 48.5 Å². The number of rotatable bonds is 25. The van der Waals surface area contributed by atoms with Crippen molar-refractivity contribution in [2.45, 2.75) is 116 Å². The monoisotopic (exact) mass is 720 g/mol. The van der Waals surface area contributed by atoms with Gasteiger partial charge in [0.1, 0.15) is 5.75 Å². The number of aliphatic hydroxyl groups excluding tert-OH is 1. The maximum atomic E-state index is 12.6. The third kappa shape index (κ3) is 18.1. The van der Waals surface area contributed by atoms with Gasteiger partial charge in [-0.15, -0.1) is 0 Å². The molecule has 2 amide bonds. The summed E-state index contributed by atoms with van der Waals surface area (Å²) in [5, 5.41) is 24.5. The first kappa shape index (κ1) is 42.9. The topological polar surface area (TPSA) is 181 Å². The Morgan fingerprint density at radius 1 is 0.880 bits per heavy atom. The first-order valence-corrected chi connectivity index (χ1v) is 19.1. The van der Waals surface area contributed by atoms with Crippen molar-refractivity contribution in [1.82, 2.24) is 10.6 Å². The summed E-state index contributed by atoms with van der Waals surface area (Å²) in [6.45, 7) is 7.13. The number of carboxylic acid groups (broad SMARTS) is 1. The lowest BCUT2D eigenvalue weighted by Crippen LogP contribution is -2.43. The molecule has 2 aromatic rings. The van der Waals surface area contributed by atoms with Crippen molar-refractivity contribution < 1.29 is 47.8 Å². The maximum absolute atomic E-state index is 12.6. The van der Waals surface area contributed by atoms with Gasteiger partial charge < -0.3 is 30.5 Å². The lowest BCUT2D eigenvalue weighted by Gasteiger charge is -2.20. The Morgan fingerprint density at radius 2 is 1.50 bits per heavy atom. The number of carboxylic acids is 1. The second-order valence-corrected chi connectivity index (χ2v) is 15.0. The molecule has 0 saturated carbocycles. The summed E-state index contributed by atoms with van der Waals surface area (Å²) < 4.78 is 27.8. The number of benzene rings is 2. The molecule has 0 aliphatic rings.